The fourth-order valence-electron chi connectivity index (χ4n) is 4.79. The van der Waals surface area contributed by atoms with Gasteiger partial charge in [0.25, 0.3) is 5.91 Å². The minimum absolute atomic E-state index is 0.0337. The molecule has 8 nitrogen and oxygen atoms in total. The van der Waals surface area contributed by atoms with Gasteiger partial charge in [-0.05, 0) is 57.6 Å². The third-order valence-corrected chi connectivity index (χ3v) is 6.55. The molecule has 1 atom stereocenters. The van der Waals surface area contributed by atoms with E-state index >= 15 is 0 Å². The number of carbonyl (C=O) groups is 2. The zero-order valence-corrected chi connectivity index (χ0v) is 19.2. The average Bonchev–Trinajstić information content (AvgIpc) is 3.49. The summed E-state index contributed by atoms with van der Waals surface area (Å²) in [6.07, 6.45) is 6.85. The average molecular weight is 443 g/mol. The largest absolute Gasteiger partial charge is 0.394 e. The molecule has 1 aliphatic carbocycles. The van der Waals surface area contributed by atoms with E-state index in [1.807, 2.05) is 17.7 Å². The molecule has 2 aromatic rings. The van der Waals surface area contributed by atoms with Gasteiger partial charge in [0.15, 0.2) is 0 Å². The Hall–Kier alpha value is -2.45. The van der Waals surface area contributed by atoms with Crippen LogP contribution in [0.4, 0.5) is 5.69 Å². The van der Waals surface area contributed by atoms with Gasteiger partial charge in [-0.1, -0.05) is 12.8 Å². The van der Waals surface area contributed by atoms with Crippen molar-refractivity contribution in [2.45, 2.75) is 70.4 Å². The predicted octanol–water partition coefficient (Wildman–Crippen LogP) is 3.44. The number of benzene rings is 1. The van der Waals surface area contributed by atoms with Crippen LogP contribution in [-0.2, 0) is 16.6 Å². The molecule has 1 aliphatic heterocycles. The number of amides is 2. The number of aromatic nitrogens is 2. The topological polar surface area (TPSA) is 105 Å². The molecule has 0 spiro atoms. The molecule has 8 heteroatoms. The van der Waals surface area contributed by atoms with Gasteiger partial charge in [0.1, 0.15) is 11.9 Å². The number of ether oxygens (including phenoxy) is 1. The Morgan fingerprint density at radius 2 is 1.97 bits per heavy atom. The van der Waals surface area contributed by atoms with Gasteiger partial charge in [-0.2, -0.15) is 0 Å². The summed E-state index contributed by atoms with van der Waals surface area (Å²) in [4.78, 5) is 30.7. The molecule has 1 saturated heterocycles. The fourth-order valence-corrected chi connectivity index (χ4v) is 4.79. The summed E-state index contributed by atoms with van der Waals surface area (Å²) in [5.74, 6) is 0.867. The van der Waals surface area contributed by atoms with Crippen molar-refractivity contribution < 1.29 is 19.4 Å². The molecule has 2 amide bonds. The second kappa shape index (κ2) is 9.19. The lowest BCUT2D eigenvalue weighted by Crippen LogP contribution is -2.46. The Morgan fingerprint density at radius 3 is 2.62 bits per heavy atom. The first-order valence-corrected chi connectivity index (χ1v) is 11.6. The second-order valence-corrected chi connectivity index (χ2v) is 9.82. The van der Waals surface area contributed by atoms with Crippen molar-refractivity contribution in [3.63, 3.8) is 0 Å². The molecule has 1 saturated carbocycles. The van der Waals surface area contributed by atoms with Crippen molar-refractivity contribution in [3.8, 4) is 0 Å². The zero-order chi connectivity index (χ0) is 22.9. The molecule has 2 heterocycles. The van der Waals surface area contributed by atoms with Gasteiger partial charge in [-0.15, -0.1) is 0 Å². The summed E-state index contributed by atoms with van der Waals surface area (Å²) in [7, 11) is 1.89. The number of imidazole rings is 1. The minimum Gasteiger partial charge on any atom is -0.394 e. The quantitative estimate of drug-likeness (QED) is 0.609. The van der Waals surface area contributed by atoms with E-state index in [0.29, 0.717) is 41.2 Å². The van der Waals surface area contributed by atoms with Crippen molar-refractivity contribution in [2.75, 3.05) is 18.5 Å². The maximum atomic E-state index is 13.2. The van der Waals surface area contributed by atoms with Gasteiger partial charge in [0, 0.05) is 25.8 Å². The number of hydrogen-bond acceptors (Lipinski definition) is 5. The summed E-state index contributed by atoms with van der Waals surface area (Å²) in [5.41, 5.74) is 1.53. The number of nitrogens with one attached hydrogen (secondary N) is 2. The van der Waals surface area contributed by atoms with Gasteiger partial charge in [0.05, 0.1) is 28.7 Å². The summed E-state index contributed by atoms with van der Waals surface area (Å²) in [5, 5.41) is 15.5. The number of carbonyl (C=O) groups excluding carboxylic acids is 2. The Bertz CT molecular complexity index is 1000. The van der Waals surface area contributed by atoms with Crippen LogP contribution in [0.3, 0.4) is 0 Å². The molecule has 32 heavy (non-hydrogen) atoms. The minimum atomic E-state index is -0.777. The van der Waals surface area contributed by atoms with Gasteiger partial charge in [-0.3, -0.25) is 9.59 Å². The highest BCUT2D eigenvalue weighted by atomic mass is 16.5. The van der Waals surface area contributed by atoms with Gasteiger partial charge < -0.3 is 25.0 Å². The van der Waals surface area contributed by atoms with E-state index in [-0.39, 0.29) is 24.5 Å². The Kier molecular flexibility index (Phi) is 6.53. The lowest BCUT2D eigenvalue weighted by molar-refractivity contribution is -0.117. The molecule has 4 rings (SSSR count). The van der Waals surface area contributed by atoms with Crippen molar-refractivity contribution in [1.82, 2.24) is 14.9 Å². The number of hydrogen-bond donors (Lipinski definition) is 3. The van der Waals surface area contributed by atoms with E-state index in [4.69, 9.17) is 9.72 Å². The van der Waals surface area contributed by atoms with Crippen LogP contribution < -0.4 is 10.6 Å². The molecule has 174 valence electrons. The fraction of sp³-hybridized carbons (Fsp3) is 0.625. The number of aliphatic hydroxyl groups is 1. The van der Waals surface area contributed by atoms with Gasteiger partial charge >= 0.3 is 0 Å². The van der Waals surface area contributed by atoms with Gasteiger partial charge in [-0.25, -0.2) is 4.98 Å². The molecule has 0 radical (unpaired) electrons. The van der Waals surface area contributed by atoms with Crippen LogP contribution in [0.25, 0.3) is 11.0 Å². The number of aryl methyl sites for hydroxylation is 1. The van der Waals surface area contributed by atoms with Crippen LogP contribution in [0.1, 0.15) is 81.1 Å². The zero-order valence-electron chi connectivity index (χ0n) is 19.2. The number of fused-ring (bicyclic) bond motifs is 1. The molecule has 0 bridgehead atoms. The molecular formula is C24H34N4O4. The first kappa shape index (κ1) is 22.7. The summed E-state index contributed by atoms with van der Waals surface area (Å²) in [6.45, 7) is 4.04. The monoisotopic (exact) mass is 442 g/mol. The van der Waals surface area contributed by atoms with E-state index in [2.05, 4.69) is 10.6 Å². The first-order valence-electron chi connectivity index (χ1n) is 11.6. The number of anilines is 1. The molecule has 1 aromatic carbocycles. The number of aliphatic hydroxyl groups excluding tert-OH is 1. The molecular weight excluding hydrogens is 408 g/mol. The van der Waals surface area contributed by atoms with E-state index in [9.17, 15) is 14.7 Å². The Labute approximate surface area is 188 Å². The maximum absolute atomic E-state index is 13.2. The third-order valence-electron chi connectivity index (χ3n) is 6.55. The smallest absolute Gasteiger partial charge is 0.254 e. The number of rotatable bonds is 7. The van der Waals surface area contributed by atoms with Crippen LogP contribution in [0, 0.1) is 5.92 Å². The van der Waals surface area contributed by atoms with E-state index in [0.717, 1.165) is 31.5 Å². The van der Waals surface area contributed by atoms with Crippen LogP contribution in [0.5, 0.6) is 0 Å². The number of nitrogens with zero attached hydrogens (tertiary/aromatic N) is 2. The highest BCUT2D eigenvalue weighted by Gasteiger charge is 2.28. The summed E-state index contributed by atoms with van der Waals surface area (Å²) >= 11 is 0. The van der Waals surface area contributed by atoms with Crippen LogP contribution in [-0.4, -0.2) is 45.2 Å². The molecule has 3 N–H and O–H groups in total. The van der Waals surface area contributed by atoms with E-state index in [1.165, 1.54) is 12.8 Å². The lowest BCUT2D eigenvalue weighted by atomic mass is 10.0. The van der Waals surface area contributed by atoms with Crippen LogP contribution in [0.2, 0.25) is 0 Å². The Morgan fingerprint density at radius 1 is 1.22 bits per heavy atom. The summed E-state index contributed by atoms with van der Waals surface area (Å²) < 4.78 is 7.74. The molecule has 1 unspecified atom stereocenters. The maximum Gasteiger partial charge on any atom is 0.254 e. The Balaban J connectivity index is 1.69. The lowest BCUT2D eigenvalue weighted by Gasteiger charge is -2.24. The SMILES string of the molecule is Cn1c(C2CCCO2)nc2cc(NC(=O)CC3CCCC3)cc(C(=O)NC(C)(C)CO)c21. The van der Waals surface area contributed by atoms with Crippen molar-refractivity contribution in [3.05, 3.63) is 23.5 Å². The highest BCUT2D eigenvalue weighted by Crippen LogP contribution is 2.33. The van der Waals surface area contributed by atoms with Crippen LogP contribution >= 0.6 is 0 Å². The van der Waals surface area contributed by atoms with E-state index < -0.39 is 5.54 Å². The second-order valence-electron chi connectivity index (χ2n) is 9.82. The standard InChI is InChI=1S/C24H34N4O4/c1-24(2,14-29)27-23(31)17-12-16(25-20(30)11-15-7-4-5-8-15)13-18-21(17)28(3)22(26-18)19-9-6-10-32-19/h12-13,15,19,29H,4-11,14H2,1-3H3,(H,25,30)(H,27,31). The van der Waals surface area contributed by atoms with Crippen molar-refractivity contribution in [2.24, 2.45) is 13.0 Å². The third kappa shape index (κ3) is 4.81. The first-order chi connectivity index (χ1) is 15.3. The molecule has 2 fully saturated rings. The van der Waals surface area contributed by atoms with Crippen molar-refractivity contribution >= 4 is 28.5 Å². The highest BCUT2D eigenvalue weighted by molar-refractivity contribution is 6.08. The predicted molar refractivity (Wildman–Crippen MR) is 122 cm³/mol. The molecule has 2 aliphatic rings. The van der Waals surface area contributed by atoms with Gasteiger partial charge in [0.2, 0.25) is 5.91 Å². The van der Waals surface area contributed by atoms with E-state index in [1.54, 1.807) is 19.9 Å². The normalized spacial score (nSPS) is 19.6. The van der Waals surface area contributed by atoms with Crippen molar-refractivity contribution in [1.29, 1.82) is 0 Å². The summed E-state index contributed by atoms with van der Waals surface area (Å²) in [6, 6.07) is 3.53. The molecule has 1 aromatic heterocycles. The van der Waals surface area contributed by atoms with Crippen LogP contribution in [0.15, 0.2) is 12.1 Å².